The number of benzene rings is 1. The Balaban J connectivity index is 1.56. The molecule has 0 bridgehead atoms. The third-order valence-electron chi connectivity index (χ3n) is 4.60. The van der Waals surface area contributed by atoms with Gasteiger partial charge in [-0.25, -0.2) is 9.37 Å². The lowest BCUT2D eigenvalue weighted by atomic mass is 9.99. The van der Waals surface area contributed by atoms with Crippen LogP contribution in [0.15, 0.2) is 17.5 Å². The fourth-order valence-electron chi connectivity index (χ4n) is 3.59. The maximum Gasteiger partial charge on any atom is 0.147 e. The number of fused-ring (bicyclic) bond motifs is 1. The standard InChI is InChI=1S/C18H21FN2OS/c1-12-8-13-4-2-6-21(17(13)15(19)9-12)10-14-11-23-18(20-14)16-5-3-7-22-16/h8-9,11,16H,2-7,10H2,1H3. The van der Waals surface area contributed by atoms with Crippen molar-refractivity contribution >= 4 is 17.0 Å². The van der Waals surface area contributed by atoms with Gasteiger partial charge in [-0.3, -0.25) is 0 Å². The van der Waals surface area contributed by atoms with Gasteiger partial charge in [0.05, 0.1) is 17.9 Å². The van der Waals surface area contributed by atoms with Gasteiger partial charge in [-0.1, -0.05) is 6.07 Å². The monoisotopic (exact) mass is 332 g/mol. The average Bonchev–Trinajstić information content (AvgIpc) is 3.17. The third-order valence-corrected chi connectivity index (χ3v) is 5.59. The van der Waals surface area contributed by atoms with E-state index in [0.29, 0.717) is 6.54 Å². The van der Waals surface area contributed by atoms with Crippen molar-refractivity contribution in [1.82, 2.24) is 4.98 Å². The van der Waals surface area contributed by atoms with Crippen LogP contribution in [0.2, 0.25) is 0 Å². The third kappa shape index (κ3) is 3.00. The van der Waals surface area contributed by atoms with E-state index in [1.165, 1.54) is 0 Å². The molecule has 0 radical (unpaired) electrons. The minimum Gasteiger partial charge on any atom is -0.371 e. The summed E-state index contributed by atoms with van der Waals surface area (Å²) >= 11 is 1.67. The summed E-state index contributed by atoms with van der Waals surface area (Å²) in [6.07, 6.45) is 4.37. The lowest BCUT2D eigenvalue weighted by Crippen LogP contribution is -2.30. The Morgan fingerprint density at radius 3 is 3.13 bits per heavy atom. The van der Waals surface area contributed by atoms with Gasteiger partial charge in [0.15, 0.2) is 0 Å². The number of halogens is 1. The zero-order valence-electron chi connectivity index (χ0n) is 13.3. The van der Waals surface area contributed by atoms with E-state index in [9.17, 15) is 4.39 Å². The summed E-state index contributed by atoms with van der Waals surface area (Å²) in [5, 5.41) is 3.16. The van der Waals surface area contributed by atoms with Crippen LogP contribution < -0.4 is 4.90 Å². The Morgan fingerprint density at radius 2 is 2.30 bits per heavy atom. The smallest absolute Gasteiger partial charge is 0.147 e. The number of aromatic nitrogens is 1. The van der Waals surface area contributed by atoms with Crippen molar-refractivity contribution in [3.8, 4) is 0 Å². The molecule has 1 saturated heterocycles. The van der Waals surface area contributed by atoms with E-state index >= 15 is 0 Å². The van der Waals surface area contributed by atoms with Gasteiger partial charge in [-0.15, -0.1) is 11.3 Å². The Morgan fingerprint density at radius 1 is 1.39 bits per heavy atom. The van der Waals surface area contributed by atoms with Crippen molar-refractivity contribution in [3.63, 3.8) is 0 Å². The van der Waals surface area contributed by atoms with Gasteiger partial charge in [0.2, 0.25) is 0 Å². The van der Waals surface area contributed by atoms with Crippen LogP contribution in [0.1, 0.15) is 47.2 Å². The molecule has 1 aromatic carbocycles. The molecule has 1 aromatic heterocycles. The molecule has 2 aliphatic rings. The Bertz CT molecular complexity index is 709. The number of hydrogen-bond donors (Lipinski definition) is 0. The van der Waals surface area contributed by atoms with Crippen molar-refractivity contribution in [3.05, 3.63) is 45.2 Å². The highest BCUT2D eigenvalue weighted by Gasteiger charge is 2.24. The number of hydrogen-bond acceptors (Lipinski definition) is 4. The summed E-state index contributed by atoms with van der Waals surface area (Å²) in [6, 6.07) is 3.75. The number of ether oxygens (including phenoxy) is 1. The second kappa shape index (κ2) is 6.21. The molecule has 3 nitrogen and oxygen atoms in total. The van der Waals surface area contributed by atoms with Gasteiger partial charge in [-0.05, 0) is 49.8 Å². The van der Waals surface area contributed by atoms with Crippen LogP contribution in [-0.4, -0.2) is 18.1 Å². The lowest BCUT2D eigenvalue weighted by Gasteiger charge is -2.31. The van der Waals surface area contributed by atoms with Crippen LogP contribution >= 0.6 is 11.3 Å². The zero-order chi connectivity index (χ0) is 15.8. The number of thiazole rings is 1. The minimum atomic E-state index is -0.103. The van der Waals surface area contributed by atoms with Gasteiger partial charge in [-0.2, -0.15) is 0 Å². The van der Waals surface area contributed by atoms with E-state index < -0.39 is 0 Å². The van der Waals surface area contributed by atoms with Crippen molar-refractivity contribution in [2.45, 2.75) is 45.3 Å². The highest BCUT2D eigenvalue weighted by molar-refractivity contribution is 7.09. The molecule has 2 aromatic rings. The topological polar surface area (TPSA) is 25.4 Å². The first-order valence-electron chi connectivity index (χ1n) is 8.30. The number of rotatable bonds is 3. The summed E-state index contributed by atoms with van der Waals surface area (Å²) in [6.45, 7) is 4.36. The molecule has 0 aliphatic carbocycles. The Hall–Kier alpha value is -1.46. The van der Waals surface area contributed by atoms with E-state index in [-0.39, 0.29) is 11.9 Å². The molecule has 4 rings (SSSR count). The van der Waals surface area contributed by atoms with Crippen molar-refractivity contribution in [2.24, 2.45) is 0 Å². The maximum absolute atomic E-state index is 14.5. The SMILES string of the molecule is Cc1cc(F)c2c(c1)CCCN2Cc1csc(C2CCCO2)n1. The fraction of sp³-hybridized carbons (Fsp3) is 0.500. The van der Waals surface area contributed by atoms with E-state index in [4.69, 9.17) is 9.72 Å². The molecule has 122 valence electrons. The molecule has 0 saturated carbocycles. The quantitative estimate of drug-likeness (QED) is 0.833. The van der Waals surface area contributed by atoms with Gasteiger partial charge in [0.25, 0.3) is 0 Å². The first-order valence-corrected chi connectivity index (χ1v) is 9.18. The van der Waals surface area contributed by atoms with Crippen LogP contribution in [0, 0.1) is 12.7 Å². The molecule has 0 N–H and O–H groups in total. The van der Waals surface area contributed by atoms with Crippen LogP contribution in [0.4, 0.5) is 10.1 Å². The van der Waals surface area contributed by atoms with Crippen LogP contribution in [0.5, 0.6) is 0 Å². The largest absolute Gasteiger partial charge is 0.371 e. The van der Waals surface area contributed by atoms with Crippen molar-refractivity contribution in [1.29, 1.82) is 0 Å². The molecular weight excluding hydrogens is 311 g/mol. The summed E-state index contributed by atoms with van der Waals surface area (Å²) in [5.74, 6) is -0.103. The van der Waals surface area contributed by atoms with E-state index in [0.717, 1.165) is 66.4 Å². The molecule has 3 heterocycles. The predicted molar refractivity (Wildman–Crippen MR) is 90.5 cm³/mol. The van der Waals surface area contributed by atoms with E-state index in [2.05, 4.69) is 16.3 Å². The first-order chi connectivity index (χ1) is 11.2. The molecular formula is C18H21FN2OS. The van der Waals surface area contributed by atoms with Crippen molar-refractivity contribution in [2.75, 3.05) is 18.1 Å². The molecule has 0 amide bonds. The van der Waals surface area contributed by atoms with Crippen LogP contribution in [-0.2, 0) is 17.7 Å². The predicted octanol–water partition coefficient (Wildman–Crippen LogP) is 4.39. The summed E-state index contributed by atoms with van der Waals surface area (Å²) in [5.41, 5.74) is 3.92. The molecule has 2 aliphatic heterocycles. The number of aryl methyl sites for hydroxylation is 2. The summed E-state index contributed by atoms with van der Waals surface area (Å²) in [4.78, 5) is 6.88. The number of nitrogens with zero attached hydrogens (tertiary/aromatic N) is 2. The lowest BCUT2D eigenvalue weighted by molar-refractivity contribution is 0.111. The first kappa shape index (κ1) is 15.1. The van der Waals surface area contributed by atoms with Crippen molar-refractivity contribution < 1.29 is 9.13 Å². The molecule has 1 unspecified atom stereocenters. The van der Waals surface area contributed by atoms with E-state index in [1.807, 2.05) is 6.92 Å². The maximum atomic E-state index is 14.5. The molecule has 5 heteroatoms. The Kier molecular flexibility index (Phi) is 4.07. The van der Waals surface area contributed by atoms with Gasteiger partial charge in [0.1, 0.15) is 16.9 Å². The molecule has 1 atom stereocenters. The highest BCUT2D eigenvalue weighted by atomic mass is 32.1. The highest BCUT2D eigenvalue weighted by Crippen LogP contribution is 2.34. The van der Waals surface area contributed by atoms with Gasteiger partial charge in [0, 0.05) is 18.5 Å². The summed E-state index contributed by atoms with van der Waals surface area (Å²) < 4.78 is 20.2. The number of anilines is 1. The fourth-order valence-corrected chi connectivity index (χ4v) is 4.48. The van der Waals surface area contributed by atoms with Gasteiger partial charge < -0.3 is 9.64 Å². The van der Waals surface area contributed by atoms with E-state index in [1.54, 1.807) is 17.4 Å². The molecule has 23 heavy (non-hydrogen) atoms. The Labute approximate surface area is 140 Å². The van der Waals surface area contributed by atoms with Crippen LogP contribution in [0.3, 0.4) is 0 Å². The second-order valence-electron chi connectivity index (χ2n) is 6.46. The van der Waals surface area contributed by atoms with Crippen LogP contribution in [0.25, 0.3) is 0 Å². The van der Waals surface area contributed by atoms with Gasteiger partial charge >= 0.3 is 0 Å². The zero-order valence-corrected chi connectivity index (χ0v) is 14.2. The minimum absolute atomic E-state index is 0.103. The molecule has 1 fully saturated rings. The second-order valence-corrected chi connectivity index (χ2v) is 7.35. The average molecular weight is 332 g/mol. The summed E-state index contributed by atoms with van der Waals surface area (Å²) in [7, 11) is 0. The molecule has 0 spiro atoms. The normalized spacial score (nSPS) is 20.8.